The van der Waals surface area contributed by atoms with Gasteiger partial charge in [0.15, 0.2) is 35.3 Å². The molecule has 36 heavy (non-hydrogen) atoms. The zero-order valence-electron chi connectivity index (χ0n) is 18.1. The second kappa shape index (κ2) is 10.6. The van der Waals surface area contributed by atoms with Gasteiger partial charge < -0.3 is 34.4 Å². The normalized spacial score (nSPS) is 24.2. The monoisotopic (exact) mass is 585 g/mol. The number of alkyl halides is 1. The maximum atomic E-state index is 15.0. The molecule has 1 unspecified atom stereocenters. The SMILES string of the molecule is O=P(O)(O)CP(=O)(O)OC[C@H]1O[C@@H](n2cnc3c(NCc4ccccc4Cl)nc(Cl)nc32)[C@@H](F)[C@@H]1O. The van der Waals surface area contributed by atoms with Gasteiger partial charge in [0, 0.05) is 11.6 Å². The van der Waals surface area contributed by atoms with E-state index < -0.39 is 52.3 Å². The minimum Gasteiger partial charge on any atom is -0.387 e. The lowest BCUT2D eigenvalue weighted by Gasteiger charge is -2.18. The van der Waals surface area contributed by atoms with Crippen molar-refractivity contribution < 1.29 is 42.6 Å². The summed E-state index contributed by atoms with van der Waals surface area (Å²) in [5.41, 5.74) is 1.07. The molecule has 0 radical (unpaired) electrons. The molecule has 5 atom stereocenters. The van der Waals surface area contributed by atoms with Crippen LogP contribution in [0, 0.1) is 0 Å². The van der Waals surface area contributed by atoms with Crippen LogP contribution in [0.15, 0.2) is 30.6 Å². The molecule has 1 aliphatic heterocycles. The lowest BCUT2D eigenvalue weighted by atomic mass is 10.1. The van der Waals surface area contributed by atoms with E-state index in [2.05, 4.69) is 24.8 Å². The second-order valence-corrected chi connectivity index (χ2v) is 12.6. The number of ether oxygens (including phenoxy) is 1. The van der Waals surface area contributed by atoms with E-state index in [4.69, 9.17) is 37.7 Å². The number of nitrogens with one attached hydrogen (secondary N) is 1. The summed E-state index contributed by atoms with van der Waals surface area (Å²) in [6, 6.07) is 7.13. The first kappa shape index (κ1) is 27.3. The summed E-state index contributed by atoms with van der Waals surface area (Å²) in [6.07, 6.45) is -5.54. The smallest absolute Gasteiger partial charge is 0.340 e. The number of aliphatic hydroxyl groups excluding tert-OH is 1. The number of nitrogens with zero attached hydrogens (tertiary/aromatic N) is 4. The molecule has 2 aromatic heterocycles. The molecule has 1 aliphatic rings. The van der Waals surface area contributed by atoms with E-state index in [-0.39, 0.29) is 28.8 Å². The summed E-state index contributed by atoms with van der Waals surface area (Å²) < 4.78 is 49.2. The molecule has 196 valence electrons. The molecule has 1 saturated heterocycles. The van der Waals surface area contributed by atoms with Gasteiger partial charge in [0.25, 0.3) is 0 Å². The second-order valence-electron chi connectivity index (χ2n) is 7.85. The Morgan fingerprint density at radius 1 is 1.19 bits per heavy atom. The van der Waals surface area contributed by atoms with Gasteiger partial charge >= 0.3 is 15.2 Å². The fourth-order valence-corrected chi connectivity index (χ4v) is 6.49. The summed E-state index contributed by atoms with van der Waals surface area (Å²) in [5.74, 6) is -1.20. The van der Waals surface area contributed by atoms with Crippen molar-refractivity contribution in [1.29, 1.82) is 0 Å². The molecule has 13 nitrogen and oxygen atoms in total. The van der Waals surface area contributed by atoms with Gasteiger partial charge in [-0.15, -0.1) is 0 Å². The van der Waals surface area contributed by atoms with Crippen molar-refractivity contribution in [2.45, 2.75) is 31.2 Å². The first-order chi connectivity index (χ1) is 16.8. The number of rotatable bonds is 9. The Morgan fingerprint density at radius 2 is 1.92 bits per heavy atom. The highest BCUT2D eigenvalue weighted by Gasteiger charge is 2.47. The highest BCUT2D eigenvalue weighted by molar-refractivity contribution is 7.70. The molecule has 5 N–H and O–H groups in total. The van der Waals surface area contributed by atoms with Crippen LogP contribution in [0.4, 0.5) is 10.2 Å². The standard InChI is InChI=1S/C18H20Cl2FN5O8P2/c19-10-4-2-1-3-9(10)5-22-15-13-16(25-18(20)24-15)26(7-23-13)17-12(21)14(27)11(34-17)6-33-36(31,32)8-35(28,29)30/h1-4,7,11-12,14,17,27H,5-6,8H2,(H,31,32)(H,22,24,25)(H2,28,29,30)/t11-,12+,14-,17-/m1/s1. The third kappa shape index (κ3) is 6.22. The summed E-state index contributed by atoms with van der Waals surface area (Å²) in [5, 5.41) is 13.7. The van der Waals surface area contributed by atoms with Crippen LogP contribution in [0.5, 0.6) is 0 Å². The fourth-order valence-electron chi connectivity index (χ4n) is 3.55. The number of imidazole rings is 1. The van der Waals surface area contributed by atoms with E-state index in [1.165, 1.54) is 10.9 Å². The van der Waals surface area contributed by atoms with Crippen LogP contribution in [0.25, 0.3) is 11.2 Å². The van der Waals surface area contributed by atoms with Gasteiger partial charge in [-0.3, -0.25) is 13.7 Å². The van der Waals surface area contributed by atoms with Crippen LogP contribution < -0.4 is 5.32 Å². The van der Waals surface area contributed by atoms with E-state index in [1.54, 1.807) is 12.1 Å². The molecular formula is C18H20Cl2FN5O8P2. The predicted octanol–water partition coefficient (Wildman–Crippen LogP) is 2.68. The van der Waals surface area contributed by atoms with Crippen molar-refractivity contribution >= 4 is 55.4 Å². The summed E-state index contributed by atoms with van der Waals surface area (Å²) in [4.78, 5) is 39.8. The number of anilines is 1. The largest absolute Gasteiger partial charge is 0.387 e. The summed E-state index contributed by atoms with van der Waals surface area (Å²) in [6.45, 7) is -0.534. The van der Waals surface area contributed by atoms with Crippen LogP contribution in [0.2, 0.25) is 10.3 Å². The molecule has 1 fully saturated rings. The van der Waals surface area contributed by atoms with Crippen LogP contribution in [0.1, 0.15) is 11.8 Å². The molecule has 4 rings (SSSR count). The average molecular weight is 586 g/mol. The first-order valence-electron chi connectivity index (χ1n) is 10.2. The maximum absolute atomic E-state index is 15.0. The highest BCUT2D eigenvalue weighted by Crippen LogP contribution is 2.55. The van der Waals surface area contributed by atoms with Crippen molar-refractivity contribution in [2.24, 2.45) is 0 Å². The van der Waals surface area contributed by atoms with Crippen molar-refractivity contribution in [3.8, 4) is 0 Å². The third-order valence-electron chi connectivity index (χ3n) is 5.17. The van der Waals surface area contributed by atoms with Gasteiger partial charge in [-0.05, 0) is 23.2 Å². The quantitative estimate of drug-likeness (QED) is 0.182. The predicted molar refractivity (Wildman–Crippen MR) is 127 cm³/mol. The van der Waals surface area contributed by atoms with Gasteiger partial charge in [0.1, 0.15) is 12.2 Å². The zero-order chi connectivity index (χ0) is 26.3. The van der Waals surface area contributed by atoms with Gasteiger partial charge in [-0.1, -0.05) is 29.8 Å². The van der Waals surface area contributed by atoms with E-state index in [0.29, 0.717) is 5.02 Å². The highest BCUT2D eigenvalue weighted by atomic mass is 35.5. The molecular weight excluding hydrogens is 566 g/mol. The Bertz CT molecular complexity index is 1360. The molecule has 0 aliphatic carbocycles. The molecule has 0 bridgehead atoms. The van der Waals surface area contributed by atoms with Crippen LogP contribution in [-0.2, 0) is 24.9 Å². The van der Waals surface area contributed by atoms with Crippen molar-refractivity contribution in [3.05, 3.63) is 46.5 Å². The van der Waals surface area contributed by atoms with E-state index in [0.717, 1.165) is 5.56 Å². The van der Waals surface area contributed by atoms with Crippen molar-refractivity contribution in [2.75, 3.05) is 17.8 Å². The number of halogens is 3. The number of aromatic nitrogens is 4. The van der Waals surface area contributed by atoms with Gasteiger partial charge in [0.2, 0.25) is 5.28 Å². The minimum atomic E-state index is -4.86. The lowest BCUT2D eigenvalue weighted by Crippen LogP contribution is -2.31. The first-order valence-corrected chi connectivity index (χ1v) is 14.5. The minimum absolute atomic E-state index is 0.0763. The molecule has 1 aromatic carbocycles. The van der Waals surface area contributed by atoms with Crippen LogP contribution in [-0.4, -0.2) is 70.2 Å². The van der Waals surface area contributed by atoms with Gasteiger partial charge in [-0.25, -0.2) is 9.37 Å². The topological polar surface area (TPSA) is 189 Å². The van der Waals surface area contributed by atoms with Gasteiger partial charge in [-0.2, -0.15) is 9.97 Å². The zero-order valence-corrected chi connectivity index (χ0v) is 21.4. The molecule has 3 aromatic rings. The maximum Gasteiger partial charge on any atom is 0.340 e. The van der Waals surface area contributed by atoms with Gasteiger partial charge in [0.05, 0.1) is 12.9 Å². The summed E-state index contributed by atoms with van der Waals surface area (Å²) in [7, 11) is -9.59. The Kier molecular flexibility index (Phi) is 8.04. The molecule has 0 spiro atoms. The van der Waals surface area contributed by atoms with Crippen molar-refractivity contribution in [3.63, 3.8) is 0 Å². The number of fused-ring (bicyclic) bond motifs is 1. The Labute approximate surface area is 212 Å². The molecule has 3 heterocycles. The van der Waals surface area contributed by atoms with Crippen LogP contribution >= 0.6 is 38.4 Å². The van der Waals surface area contributed by atoms with E-state index in [1.807, 2.05) is 12.1 Å². The molecule has 18 heteroatoms. The van der Waals surface area contributed by atoms with Crippen molar-refractivity contribution in [1.82, 2.24) is 19.5 Å². The third-order valence-corrected chi connectivity index (χ3v) is 9.16. The Morgan fingerprint density at radius 3 is 2.61 bits per heavy atom. The average Bonchev–Trinajstić information content (AvgIpc) is 3.31. The van der Waals surface area contributed by atoms with Crippen LogP contribution in [0.3, 0.4) is 0 Å². The number of benzene rings is 1. The summed E-state index contributed by atoms with van der Waals surface area (Å²) >= 11 is 12.2. The lowest BCUT2D eigenvalue weighted by molar-refractivity contribution is -0.0425. The number of hydrogen-bond acceptors (Lipinski definition) is 9. The number of aliphatic hydroxyl groups is 1. The molecule has 0 amide bonds. The van der Waals surface area contributed by atoms with E-state index >= 15 is 0 Å². The molecule has 0 saturated carbocycles. The van der Waals surface area contributed by atoms with E-state index in [9.17, 15) is 23.5 Å². The number of hydrogen-bond donors (Lipinski definition) is 5. The Balaban J connectivity index is 1.53. The fraction of sp³-hybridized carbons (Fsp3) is 0.389. The Hall–Kier alpha value is -1.70.